The zero-order valence-corrected chi connectivity index (χ0v) is 17.0. The SMILES string of the molecule is O=C(O)CCc1ccc(CN2CCN(c3nc4ccc(Cl)cc4s3)CC2)cc1. The van der Waals surface area contributed by atoms with Crippen LogP contribution in [0.1, 0.15) is 17.5 Å². The lowest BCUT2D eigenvalue weighted by Crippen LogP contribution is -2.45. The number of carboxylic acid groups (broad SMARTS) is 1. The molecule has 7 heteroatoms. The first kappa shape index (κ1) is 19.2. The van der Waals surface area contributed by atoms with E-state index in [0.29, 0.717) is 6.42 Å². The summed E-state index contributed by atoms with van der Waals surface area (Å²) in [6.07, 6.45) is 0.765. The third-order valence-electron chi connectivity index (χ3n) is 5.04. The van der Waals surface area contributed by atoms with E-state index < -0.39 is 5.97 Å². The highest BCUT2D eigenvalue weighted by molar-refractivity contribution is 7.22. The zero-order chi connectivity index (χ0) is 19.5. The van der Waals surface area contributed by atoms with Crippen molar-refractivity contribution in [1.29, 1.82) is 0 Å². The van der Waals surface area contributed by atoms with E-state index in [9.17, 15) is 4.79 Å². The maximum atomic E-state index is 10.7. The van der Waals surface area contributed by atoms with E-state index in [0.717, 1.165) is 58.7 Å². The first-order valence-corrected chi connectivity index (χ1v) is 10.6. The minimum absolute atomic E-state index is 0.180. The van der Waals surface area contributed by atoms with Gasteiger partial charge in [0.15, 0.2) is 5.13 Å². The molecular weight excluding hydrogens is 394 g/mol. The molecule has 3 aromatic rings. The minimum atomic E-state index is -0.752. The fraction of sp³-hybridized carbons (Fsp3) is 0.333. The fourth-order valence-electron chi connectivity index (χ4n) is 3.44. The van der Waals surface area contributed by atoms with Crippen LogP contribution in [0.15, 0.2) is 42.5 Å². The van der Waals surface area contributed by atoms with E-state index in [1.165, 1.54) is 5.56 Å². The number of halogens is 1. The Kier molecular flexibility index (Phi) is 5.80. The average molecular weight is 416 g/mol. The van der Waals surface area contributed by atoms with E-state index in [2.05, 4.69) is 21.9 Å². The van der Waals surface area contributed by atoms with Crippen LogP contribution in [0.3, 0.4) is 0 Å². The average Bonchev–Trinajstić information content (AvgIpc) is 3.11. The molecule has 1 N–H and O–H groups in total. The topological polar surface area (TPSA) is 56.7 Å². The van der Waals surface area contributed by atoms with Gasteiger partial charge in [-0.1, -0.05) is 47.2 Å². The lowest BCUT2D eigenvalue weighted by atomic mass is 10.1. The number of carbonyl (C=O) groups is 1. The van der Waals surface area contributed by atoms with Crippen LogP contribution >= 0.6 is 22.9 Å². The third kappa shape index (κ3) is 4.63. The molecular formula is C21H22ClN3O2S. The summed E-state index contributed by atoms with van der Waals surface area (Å²) in [6, 6.07) is 14.2. The Morgan fingerprint density at radius 2 is 1.79 bits per heavy atom. The van der Waals surface area contributed by atoms with Crippen LogP contribution < -0.4 is 4.90 Å². The number of hydrogen-bond donors (Lipinski definition) is 1. The molecule has 2 aromatic carbocycles. The molecule has 1 saturated heterocycles. The van der Waals surface area contributed by atoms with Crippen molar-refractivity contribution < 1.29 is 9.90 Å². The van der Waals surface area contributed by atoms with Crippen LogP contribution in [0.4, 0.5) is 5.13 Å². The van der Waals surface area contributed by atoms with Gasteiger partial charge < -0.3 is 10.0 Å². The lowest BCUT2D eigenvalue weighted by molar-refractivity contribution is -0.136. The molecule has 1 aliphatic heterocycles. The van der Waals surface area contributed by atoms with Gasteiger partial charge in [-0.2, -0.15) is 0 Å². The monoisotopic (exact) mass is 415 g/mol. The summed E-state index contributed by atoms with van der Waals surface area (Å²) in [5.74, 6) is -0.752. The molecule has 1 fully saturated rings. The van der Waals surface area contributed by atoms with Crippen molar-refractivity contribution in [2.45, 2.75) is 19.4 Å². The van der Waals surface area contributed by atoms with Crippen molar-refractivity contribution in [3.63, 3.8) is 0 Å². The van der Waals surface area contributed by atoms with Crippen LogP contribution in [-0.4, -0.2) is 47.1 Å². The van der Waals surface area contributed by atoms with Crippen molar-refractivity contribution in [2.75, 3.05) is 31.1 Å². The number of aromatic nitrogens is 1. The highest BCUT2D eigenvalue weighted by Gasteiger charge is 2.20. The van der Waals surface area contributed by atoms with Gasteiger partial charge >= 0.3 is 5.97 Å². The number of hydrogen-bond acceptors (Lipinski definition) is 5. The summed E-state index contributed by atoms with van der Waals surface area (Å²) in [6.45, 7) is 4.84. The molecule has 4 rings (SSSR count). The van der Waals surface area contributed by atoms with Gasteiger partial charge in [-0.15, -0.1) is 0 Å². The van der Waals surface area contributed by atoms with Gasteiger partial charge in [0.2, 0.25) is 0 Å². The summed E-state index contributed by atoms with van der Waals surface area (Å²) < 4.78 is 1.13. The van der Waals surface area contributed by atoms with Crippen molar-refractivity contribution in [1.82, 2.24) is 9.88 Å². The molecule has 1 aromatic heterocycles. The third-order valence-corrected chi connectivity index (χ3v) is 6.35. The smallest absolute Gasteiger partial charge is 0.303 e. The van der Waals surface area contributed by atoms with Gasteiger partial charge in [-0.05, 0) is 35.7 Å². The van der Waals surface area contributed by atoms with E-state index >= 15 is 0 Å². The second kappa shape index (κ2) is 8.47. The van der Waals surface area contributed by atoms with Crippen LogP contribution in [0.2, 0.25) is 5.02 Å². The van der Waals surface area contributed by atoms with E-state index in [1.54, 1.807) is 11.3 Å². The normalized spacial score (nSPS) is 15.2. The first-order valence-electron chi connectivity index (χ1n) is 9.40. The number of rotatable bonds is 6. The van der Waals surface area contributed by atoms with Gasteiger partial charge in [0, 0.05) is 44.2 Å². The Hall–Kier alpha value is -2.15. The van der Waals surface area contributed by atoms with Crippen molar-refractivity contribution in [3.05, 3.63) is 58.6 Å². The molecule has 0 amide bonds. The lowest BCUT2D eigenvalue weighted by Gasteiger charge is -2.34. The molecule has 0 radical (unpaired) electrons. The standard InChI is InChI=1S/C21H22ClN3O2S/c22-17-6-7-18-19(13-17)28-21(23-18)25-11-9-24(10-12-25)14-16-3-1-15(2-4-16)5-8-20(26)27/h1-4,6-7,13H,5,8-12,14H2,(H,26,27). The highest BCUT2D eigenvalue weighted by Crippen LogP contribution is 2.31. The van der Waals surface area contributed by atoms with E-state index in [1.807, 2.05) is 30.3 Å². The van der Waals surface area contributed by atoms with Crippen molar-refractivity contribution in [3.8, 4) is 0 Å². The summed E-state index contributed by atoms with van der Waals surface area (Å²) in [5.41, 5.74) is 3.35. The summed E-state index contributed by atoms with van der Waals surface area (Å²) in [7, 11) is 0. The predicted molar refractivity (Wildman–Crippen MR) is 115 cm³/mol. The number of aliphatic carboxylic acids is 1. The molecule has 28 heavy (non-hydrogen) atoms. The molecule has 0 spiro atoms. The maximum Gasteiger partial charge on any atom is 0.303 e. The van der Waals surface area contributed by atoms with Crippen LogP contribution in [0.25, 0.3) is 10.2 Å². The Bertz CT molecular complexity index is 965. The Morgan fingerprint density at radius 3 is 2.50 bits per heavy atom. The number of benzene rings is 2. The van der Waals surface area contributed by atoms with Crippen LogP contribution in [0, 0.1) is 0 Å². The van der Waals surface area contributed by atoms with Gasteiger partial charge in [0.1, 0.15) is 0 Å². The molecule has 146 valence electrons. The highest BCUT2D eigenvalue weighted by atomic mass is 35.5. The van der Waals surface area contributed by atoms with Crippen molar-refractivity contribution >= 4 is 44.3 Å². The molecule has 2 heterocycles. The van der Waals surface area contributed by atoms with Crippen molar-refractivity contribution in [2.24, 2.45) is 0 Å². The molecule has 0 unspecified atom stereocenters. The van der Waals surface area contributed by atoms with Gasteiger partial charge in [-0.3, -0.25) is 9.69 Å². The molecule has 0 bridgehead atoms. The number of nitrogens with zero attached hydrogens (tertiary/aromatic N) is 3. The first-order chi connectivity index (χ1) is 13.6. The van der Waals surface area contributed by atoms with Gasteiger partial charge in [0.05, 0.1) is 10.2 Å². The second-order valence-electron chi connectivity index (χ2n) is 7.08. The van der Waals surface area contributed by atoms with Crippen LogP contribution in [0.5, 0.6) is 0 Å². The number of fused-ring (bicyclic) bond motifs is 1. The summed E-state index contributed by atoms with van der Waals surface area (Å²) in [4.78, 5) is 20.2. The maximum absolute atomic E-state index is 10.7. The predicted octanol–water partition coefficient (Wildman–Crippen LogP) is 4.29. The van der Waals surface area contributed by atoms with E-state index in [-0.39, 0.29) is 6.42 Å². The second-order valence-corrected chi connectivity index (χ2v) is 8.53. The number of carboxylic acids is 1. The number of anilines is 1. The number of thiazole rings is 1. The largest absolute Gasteiger partial charge is 0.481 e. The summed E-state index contributed by atoms with van der Waals surface area (Å²) >= 11 is 7.78. The quantitative estimate of drug-likeness (QED) is 0.650. The van der Waals surface area contributed by atoms with Crippen LogP contribution in [-0.2, 0) is 17.8 Å². The number of piperazine rings is 1. The van der Waals surface area contributed by atoms with E-state index in [4.69, 9.17) is 21.7 Å². The Morgan fingerprint density at radius 1 is 1.07 bits per heavy atom. The Labute approximate surface area is 173 Å². The number of aryl methyl sites for hydroxylation is 1. The molecule has 0 aliphatic carbocycles. The molecule has 0 saturated carbocycles. The summed E-state index contributed by atoms with van der Waals surface area (Å²) in [5, 5.41) is 10.6. The van der Waals surface area contributed by atoms with Gasteiger partial charge in [0.25, 0.3) is 0 Å². The molecule has 5 nitrogen and oxygen atoms in total. The van der Waals surface area contributed by atoms with Gasteiger partial charge in [-0.25, -0.2) is 4.98 Å². The Balaban J connectivity index is 1.31. The minimum Gasteiger partial charge on any atom is -0.481 e. The molecule has 0 atom stereocenters. The fourth-order valence-corrected chi connectivity index (χ4v) is 4.73. The molecule has 1 aliphatic rings. The zero-order valence-electron chi connectivity index (χ0n) is 15.5.